The third kappa shape index (κ3) is 5.53. The minimum absolute atomic E-state index is 0.0192. The molecule has 0 unspecified atom stereocenters. The summed E-state index contributed by atoms with van der Waals surface area (Å²) in [6, 6.07) is 8.83. The second kappa shape index (κ2) is 9.51. The third-order valence-corrected chi connectivity index (χ3v) is 5.47. The van der Waals surface area contributed by atoms with Crippen LogP contribution >= 0.6 is 0 Å². The fourth-order valence-corrected chi connectivity index (χ4v) is 3.65. The number of rotatable bonds is 9. The van der Waals surface area contributed by atoms with Gasteiger partial charge in [0.15, 0.2) is 0 Å². The van der Waals surface area contributed by atoms with Crippen molar-refractivity contribution in [2.24, 2.45) is 5.92 Å². The molecule has 8 heteroatoms. The molecular formula is C23H28N4O4. The number of nitrogen functional groups attached to an aromatic ring is 1. The zero-order chi connectivity index (χ0) is 22.5. The number of aryl methyl sites for hydroxylation is 2. The fourth-order valence-electron chi connectivity index (χ4n) is 3.65. The Bertz CT molecular complexity index is 1130. The number of hydrogen-bond donors (Lipinski definition) is 5. The van der Waals surface area contributed by atoms with E-state index in [2.05, 4.69) is 15.3 Å². The van der Waals surface area contributed by atoms with Crippen molar-refractivity contribution in [1.29, 1.82) is 0 Å². The summed E-state index contributed by atoms with van der Waals surface area (Å²) in [7, 11) is 0. The largest absolute Gasteiger partial charge is 0.481 e. The molecule has 6 N–H and O–H groups in total. The van der Waals surface area contributed by atoms with E-state index in [1.807, 2.05) is 32.2 Å². The van der Waals surface area contributed by atoms with E-state index in [4.69, 9.17) is 10.8 Å². The molecule has 0 saturated heterocycles. The molecule has 0 radical (unpaired) electrons. The van der Waals surface area contributed by atoms with Gasteiger partial charge >= 0.3 is 5.97 Å². The number of H-pyrrole nitrogens is 2. The van der Waals surface area contributed by atoms with E-state index >= 15 is 0 Å². The van der Waals surface area contributed by atoms with Gasteiger partial charge in [-0.2, -0.15) is 0 Å². The van der Waals surface area contributed by atoms with E-state index in [0.29, 0.717) is 41.5 Å². The van der Waals surface area contributed by atoms with Gasteiger partial charge in [-0.25, -0.2) is 0 Å². The normalized spacial score (nSPS) is 12.2. The Balaban J connectivity index is 1.63. The molecule has 0 aliphatic carbocycles. The molecule has 2 aromatic heterocycles. The summed E-state index contributed by atoms with van der Waals surface area (Å²) in [5.74, 6) is -0.624. The van der Waals surface area contributed by atoms with E-state index in [1.165, 1.54) is 0 Å². The Morgan fingerprint density at radius 1 is 1.16 bits per heavy atom. The predicted octanol–water partition coefficient (Wildman–Crippen LogP) is 2.84. The first-order valence-corrected chi connectivity index (χ1v) is 10.3. The van der Waals surface area contributed by atoms with Crippen molar-refractivity contribution in [2.45, 2.75) is 45.6 Å². The van der Waals surface area contributed by atoms with Crippen molar-refractivity contribution in [3.05, 3.63) is 63.6 Å². The number of carbonyl (C=O) groups is 2. The molecule has 0 saturated carbocycles. The Labute approximate surface area is 179 Å². The maximum atomic E-state index is 12.6. The van der Waals surface area contributed by atoms with Crippen LogP contribution in [0.3, 0.4) is 0 Å². The number of aromatic nitrogens is 2. The molecule has 0 spiro atoms. The highest BCUT2D eigenvalue weighted by Crippen LogP contribution is 2.18. The number of aromatic amines is 2. The maximum Gasteiger partial charge on any atom is 0.303 e. The van der Waals surface area contributed by atoms with Gasteiger partial charge in [0.2, 0.25) is 0 Å². The first-order valence-electron chi connectivity index (χ1n) is 10.3. The monoisotopic (exact) mass is 424 g/mol. The summed E-state index contributed by atoms with van der Waals surface area (Å²) >= 11 is 0. The number of fused-ring (bicyclic) bond motifs is 1. The topological polar surface area (TPSA) is 141 Å². The molecule has 164 valence electrons. The second-order valence-electron chi connectivity index (χ2n) is 8.11. The molecular weight excluding hydrogens is 396 g/mol. The van der Waals surface area contributed by atoms with E-state index in [0.717, 1.165) is 11.1 Å². The standard InChI is InChI=1S/C23H28N4O4/c1-13(2)17(9-10-20(28)29)26-22(30)15-6-3-14(4-7-15)5-8-16-12-25-18-11-19(24)27-23(31)21(16)18/h3-4,6-7,11-13,17,25H,5,8-10H2,1-2H3,(H,26,30)(H,28,29)(H3,24,27,31)/t17-/m0/s1. The lowest BCUT2D eigenvalue weighted by Gasteiger charge is -2.21. The van der Waals surface area contributed by atoms with Gasteiger partial charge in [-0.05, 0) is 48.4 Å². The van der Waals surface area contributed by atoms with Crippen LogP contribution in [0.4, 0.5) is 5.82 Å². The highest BCUT2D eigenvalue weighted by molar-refractivity contribution is 5.94. The Morgan fingerprint density at radius 3 is 2.52 bits per heavy atom. The van der Waals surface area contributed by atoms with Crippen LogP contribution in [-0.4, -0.2) is 33.0 Å². The number of hydrogen-bond acceptors (Lipinski definition) is 4. The lowest BCUT2D eigenvalue weighted by Crippen LogP contribution is -2.38. The van der Waals surface area contributed by atoms with Crippen LogP contribution in [0, 0.1) is 5.92 Å². The average Bonchev–Trinajstić information content (AvgIpc) is 3.12. The van der Waals surface area contributed by atoms with Crippen LogP contribution in [-0.2, 0) is 17.6 Å². The number of pyridine rings is 1. The number of aliphatic carboxylic acids is 1. The van der Waals surface area contributed by atoms with Gasteiger partial charge in [0.25, 0.3) is 11.5 Å². The number of amides is 1. The van der Waals surface area contributed by atoms with Gasteiger partial charge in [0, 0.05) is 30.3 Å². The van der Waals surface area contributed by atoms with E-state index in [9.17, 15) is 14.4 Å². The molecule has 0 fully saturated rings. The summed E-state index contributed by atoms with van der Waals surface area (Å²) < 4.78 is 0. The Morgan fingerprint density at radius 2 is 1.87 bits per heavy atom. The van der Waals surface area contributed by atoms with Crippen molar-refractivity contribution in [3.63, 3.8) is 0 Å². The van der Waals surface area contributed by atoms with Crippen molar-refractivity contribution < 1.29 is 14.7 Å². The van der Waals surface area contributed by atoms with Gasteiger partial charge < -0.3 is 26.1 Å². The number of carboxylic acid groups (broad SMARTS) is 1. The van der Waals surface area contributed by atoms with Gasteiger partial charge in [-0.1, -0.05) is 26.0 Å². The number of nitrogens with two attached hydrogens (primary N) is 1. The fraction of sp³-hybridized carbons (Fsp3) is 0.348. The summed E-state index contributed by atoms with van der Waals surface area (Å²) in [5, 5.41) is 12.4. The zero-order valence-electron chi connectivity index (χ0n) is 17.7. The van der Waals surface area contributed by atoms with Gasteiger partial charge in [-0.3, -0.25) is 14.4 Å². The Hall–Kier alpha value is -3.55. The Kier molecular flexibility index (Phi) is 6.79. The number of carbonyl (C=O) groups excluding carboxylic acids is 1. The molecule has 0 aliphatic rings. The van der Waals surface area contributed by atoms with Crippen molar-refractivity contribution in [3.8, 4) is 0 Å². The SMILES string of the molecule is CC(C)[C@H](CCC(=O)O)NC(=O)c1ccc(CCc2c[nH]c3cc(N)[nH]c(=O)c23)cc1. The molecule has 1 amide bonds. The first-order chi connectivity index (χ1) is 14.7. The van der Waals surface area contributed by atoms with Crippen molar-refractivity contribution >= 4 is 28.6 Å². The van der Waals surface area contributed by atoms with Crippen LogP contribution < -0.4 is 16.6 Å². The zero-order valence-corrected chi connectivity index (χ0v) is 17.7. The molecule has 31 heavy (non-hydrogen) atoms. The summed E-state index contributed by atoms with van der Waals surface area (Å²) in [5.41, 5.74) is 8.68. The van der Waals surface area contributed by atoms with Crippen molar-refractivity contribution in [1.82, 2.24) is 15.3 Å². The van der Waals surface area contributed by atoms with Crippen LogP contribution in [0.25, 0.3) is 10.9 Å². The minimum atomic E-state index is -0.870. The maximum absolute atomic E-state index is 12.6. The molecule has 0 aliphatic heterocycles. The van der Waals surface area contributed by atoms with E-state index in [1.54, 1.807) is 18.2 Å². The van der Waals surface area contributed by atoms with Gasteiger partial charge in [0.1, 0.15) is 5.82 Å². The van der Waals surface area contributed by atoms with E-state index in [-0.39, 0.29) is 29.8 Å². The van der Waals surface area contributed by atoms with Crippen LogP contribution in [0.15, 0.2) is 41.3 Å². The molecule has 0 bridgehead atoms. The summed E-state index contributed by atoms with van der Waals surface area (Å²) in [6.07, 6.45) is 3.62. The second-order valence-corrected chi connectivity index (χ2v) is 8.11. The van der Waals surface area contributed by atoms with Gasteiger partial charge in [0.05, 0.1) is 10.9 Å². The summed E-state index contributed by atoms with van der Waals surface area (Å²) in [4.78, 5) is 41.3. The van der Waals surface area contributed by atoms with E-state index < -0.39 is 5.97 Å². The smallest absolute Gasteiger partial charge is 0.303 e. The van der Waals surface area contributed by atoms with Crippen LogP contribution in [0.1, 0.15) is 48.2 Å². The van der Waals surface area contributed by atoms with Crippen LogP contribution in [0.5, 0.6) is 0 Å². The molecule has 8 nitrogen and oxygen atoms in total. The summed E-state index contributed by atoms with van der Waals surface area (Å²) in [6.45, 7) is 3.92. The molecule has 1 atom stereocenters. The number of benzene rings is 1. The number of carboxylic acids is 1. The van der Waals surface area contributed by atoms with Gasteiger partial charge in [-0.15, -0.1) is 0 Å². The van der Waals surface area contributed by atoms with Crippen LogP contribution in [0.2, 0.25) is 0 Å². The molecule has 2 heterocycles. The predicted molar refractivity (Wildman–Crippen MR) is 120 cm³/mol. The third-order valence-electron chi connectivity index (χ3n) is 5.47. The van der Waals surface area contributed by atoms with Crippen molar-refractivity contribution in [2.75, 3.05) is 5.73 Å². The quantitative estimate of drug-likeness (QED) is 0.359. The number of anilines is 1. The minimum Gasteiger partial charge on any atom is -0.481 e. The number of nitrogens with one attached hydrogen (secondary N) is 3. The average molecular weight is 425 g/mol. The molecule has 3 aromatic rings. The lowest BCUT2D eigenvalue weighted by molar-refractivity contribution is -0.137. The first kappa shape index (κ1) is 22.1. The highest BCUT2D eigenvalue weighted by Gasteiger charge is 2.18. The highest BCUT2D eigenvalue weighted by atomic mass is 16.4. The lowest BCUT2D eigenvalue weighted by atomic mass is 9.98. The molecule has 1 aromatic carbocycles. The molecule has 3 rings (SSSR count).